The number of carbonyl (C=O) groups is 1. The molecule has 1 aliphatic heterocycles. The van der Waals surface area contributed by atoms with Crippen LogP contribution in [0.25, 0.3) is 21.2 Å². The molecule has 5 aromatic rings. The topological polar surface area (TPSA) is 71.7 Å². The Morgan fingerprint density at radius 3 is 2.50 bits per heavy atom. The van der Waals surface area contributed by atoms with Gasteiger partial charge in [0.05, 0.1) is 16.9 Å². The van der Waals surface area contributed by atoms with Crippen LogP contribution in [0.15, 0.2) is 97.1 Å². The van der Waals surface area contributed by atoms with E-state index in [2.05, 4.69) is 82.1 Å². The third-order valence-corrected chi connectivity index (χ3v) is 9.99. The average molecular weight is 603 g/mol. The molecule has 224 valence electrons. The minimum atomic E-state index is -0.344. The lowest BCUT2D eigenvalue weighted by Gasteiger charge is -2.40. The number of nitrogens with zero attached hydrogens (tertiary/aromatic N) is 3. The first-order valence-electron chi connectivity index (χ1n) is 15.7. The smallest absolute Gasteiger partial charge is 0.249 e. The molecule has 1 unspecified atom stereocenters. The first-order chi connectivity index (χ1) is 21.6. The highest BCUT2D eigenvalue weighted by molar-refractivity contribution is 7.13. The van der Waals surface area contributed by atoms with E-state index >= 15 is 0 Å². The molecular formula is C37H38N4O2S. The molecular weight excluding hydrogens is 565 g/mol. The largest absolute Gasteiger partial charge is 0.490 e. The molecule has 2 aliphatic rings. The van der Waals surface area contributed by atoms with Crippen molar-refractivity contribution in [3.63, 3.8) is 0 Å². The molecule has 4 aromatic carbocycles. The van der Waals surface area contributed by atoms with E-state index in [0.717, 1.165) is 44.8 Å². The van der Waals surface area contributed by atoms with Crippen molar-refractivity contribution in [2.45, 2.75) is 51.1 Å². The molecule has 7 rings (SSSR count). The zero-order valence-electron chi connectivity index (χ0n) is 24.9. The first-order valence-corrected chi connectivity index (χ1v) is 16.5. The number of anilines is 3. The lowest BCUT2D eigenvalue weighted by atomic mass is 9.84. The van der Waals surface area contributed by atoms with Gasteiger partial charge < -0.3 is 20.3 Å². The first kappa shape index (κ1) is 28.4. The molecule has 7 heteroatoms. The second kappa shape index (κ2) is 12.7. The van der Waals surface area contributed by atoms with Gasteiger partial charge in [0, 0.05) is 17.6 Å². The molecule has 0 saturated heterocycles. The molecule has 1 atom stereocenters. The number of fused-ring (bicyclic) bond motifs is 2. The Kier molecular flexibility index (Phi) is 8.20. The van der Waals surface area contributed by atoms with Gasteiger partial charge in [0.2, 0.25) is 5.91 Å². The Morgan fingerprint density at radius 1 is 0.932 bits per heavy atom. The lowest BCUT2D eigenvalue weighted by molar-refractivity contribution is -0.120. The van der Waals surface area contributed by atoms with Crippen LogP contribution in [0.5, 0.6) is 5.75 Å². The monoisotopic (exact) mass is 602 g/mol. The van der Waals surface area contributed by atoms with Crippen molar-refractivity contribution < 1.29 is 9.53 Å². The molecule has 2 N–H and O–H groups in total. The lowest BCUT2D eigenvalue weighted by Crippen LogP contribution is -2.52. The molecule has 1 aromatic heterocycles. The van der Waals surface area contributed by atoms with E-state index in [-0.39, 0.29) is 11.9 Å². The van der Waals surface area contributed by atoms with Gasteiger partial charge >= 0.3 is 0 Å². The predicted octanol–water partition coefficient (Wildman–Crippen LogP) is 8.32. The van der Waals surface area contributed by atoms with E-state index in [1.54, 1.807) is 0 Å². The van der Waals surface area contributed by atoms with Crippen LogP contribution in [0.2, 0.25) is 0 Å². The van der Waals surface area contributed by atoms with E-state index < -0.39 is 0 Å². The maximum absolute atomic E-state index is 15.0. The van der Waals surface area contributed by atoms with Crippen molar-refractivity contribution in [3.05, 3.63) is 103 Å². The summed E-state index contributed by atoms with van der Waals surface area (Å²) in [6.45, 7) is 1.61. The van der Waals surface area contributed by atoms with Gasteiger partial charge in [-0.15, -0.1) is 0 Å². The van der Waals surface area contributed by atoms with Crippen LogP contribution in [0.3, 0.4) is 0 Å². The van der Waals surface area contributed by atoms with Gasteiger partial charge in [-0.05, 0) is 70.9 Å². The Morgan fingerprint density at radius 2 is 1.70 bits per heavy atom. The van der Waals surface area contributed by atoms with Crippen LogP contribution in [0.1, 0.15) is 44.1 Å². The SMILES string of the molecule is Nc1nsc2ccc(N(Cc3ccccc3)C(CC3CCCCC3)C(=O)N3CCOc4cc(-c5ccccc5)ccc43)cc12. The van der Waals surface area contributed by atoms with Gasteiger partial charge in [0.1, 0.15) is 24.2 Å². The average Bonchev–Trinajstić information content (AvgIpc) is 3.46. The van der Waals surface area contributed by atoms with Crippen LogP contribution >= 0.6 is 11.5 Å². The van der Waals surface area contributed by atoms with Crippen LogP contribution < -0.4 is 20.3 Å². The summed E-state index contributed by atoms with van der Waals surface area (Å²) in [5, 5.41) is 0.944. The second-order valence-corrected chi connectivity index (χ2v) is 12.8. The van der Waals surface area contributed by atoms with E-state index in [1.165, 1.54) is 49.2 Å². The van der Waals surface area contributed by atoms with Crippen LogP contribution in [-0.4, -0.2) is 29.5 Å². The van der Waals surface area contributed by atoms with Crippen molar-refractivity contribution >= 4 is 44.7 Å². The summed E-state index contributed by atoms with van der Waals surface area (Å²) >= 11 is 1.41. The van der Waals surface area contributed by atoms with Gasteiger partial charge in [0.25, 0.3) is 0 Å². The van der Waals surface area contributed by atoms with E-state index in [0.29, 0.717) is 31.4 Å². The van der Waals surface area contributed by atoms with Crippen LogP contribution in [0, 0.1) is 5.92 Å². The highest BCUT2D eigenvalue weighted by Crippen LogP contribution is 2.39. The Bertz CT molecular complexity index is 1730. The molecule has 44 heavy (non-hydrogen) atoms. The minimum absolute atomic E-state index is 0.125. The Balaban J connectivity index is 1.29. The van der Waals surface area contributed by atoms with Crippen molar-refractivity contribution in [1.82, 2.24) is 4.37 Å². The van der Waals surface area contributed by atoms with Gasteiger partial charge in [-0.25, -0.2) is 0 Å². The standard InChI is InChI=1S/C37H38N4O2S/c38-36-31-24-30(17-19-35(31)44-39-36)41(25-27-12-6-2-7-13-27)33(22-26-10-4-1-5-11-26)37(42)40-20-21-43-34-23-29(16-18-32(34)40)28-14-8-3-9-15-28/h2-3,6-9,12-19,23-24,26,33H,1,4-5,10-11,20-22,25H2,(H2,38,39). The van der Waals surface area contributed by atoms with E-state index in [1.807, 2.05) is 29.2 Å². The number of ether oxygens (including phenoxy) is 1. The fourth-order valence-electron chi connectivity index (χ4n) is 6.82. The van der Waals surface area contributed by atoms with Crippen LogP contribution in [-0.2, 0) is 11.3 Å². The summed E-state index contributed by atoms with van der Waals surface area (Å²) in [7, 11) is 0. The van der Waals surface area contributed by atoms with E-state index in [4.69, 9.17) is 10.5 Å². The second-order valence-electron chi connectivity index (χ2n) is 12.0. The molecule has 1 aliphatic carbocycles. The zero-order chi connectivity index (χ0) is 29.9. The molecule has 2 heterocycles. The number of nitrogen functional groups attached to an aromatic ring is 1. The van der Waals surface area contributed by atoms with Crippen molar-refractivity contribution in [2.75, 3.05) is 28.7 Å². The molecule has 1 fully saturated rings. The number of nitrogens with two attached hydrogens (primary N) is 1. The number of hydrogen-bond acceptors (Lipinski definition) is 6. The van der Waals surface area contributed by atoms with Crippen molar-refractivity contribution in [2.24, 2.45) is 5.92 Å². The maximum Gasteiger partial charge on any atom is 0.249 e. The third kappa shape index (κ3) is 5.89. The quantitative estimate of drug-likeness (QED) is 0.193. The number of aromatic nitrogens is 1. The fraction of sp³-hybridized carbons (Fsp3) is 0.297. The molecule has 0 bridgehead atoms. The number of benzene rings is 4. The van der Waals surface area contributed by atoms with Gasteiger partial charge in [-0.3, -0.25) is 4.79 Å². The summed E-state index contributed by atoms with van der Waals surface area (Å²) in [5.41, 5.74) is 11.5. The summed E-state index contributed by atoms with van der Waals surface area (Å²) in [6, 6.07) is 33.0. The number of amides is 1. The Labute approximate surface area is 263 Å². The van der Waals surface area contributed by atoms with Gasteiger partial charge in [0.15, 0.2) is 0 Å². The normalized spacial score (nSPS) is 15.9. The maximum atomic E-state index is 15.0. The molecule has 0 spiro atoms. The number of hydrogen-bond donors (Lipinski definition) is 1. The fourth-order valence-corrected chi connectivity index (χ4v) is 7.51. The third-order valence-electron chi connectivity index (χ3n) is 9.15. The van der Waals surface area contributed by atoms with Gasteiger partial charge in [-0.2, -0.15) is 4.37 Å². The highest BCUT2D eigenvalue weighted by atomic mass is 32.1. The summed E-state index contributed by atoms with van der Waals surface area (Å²) in [5.74, 6) is 1.93. The zero-order valence-corrected chi connectivity index (χ0v) is 25.7. The Hall–Kier alpha value is -4.36. The number of carbonyl (C=O) groups excluding carboxylic acids is 1. The van der Waals surface area contributed by atoms with E-state index in [9.17, 15) is 4.79 Å². The van der Waals surface area contributed by atoms with Crippen molar-refractivity contribution in [3.8, 4) is 16.9 Å². The summed E-state index contributed by atoms with van der Waals surface area (Å²) in [4.78, 5) is 19.3. The highest BCUT2D eigenvalue weighted by Gasteiger charge is 2.36. The molecule has 1 saturated carbocycles. The number of rotatable bonds is 8. The molecule has 0 radical (unpaired) electrons. The summed E-state index contributed by atoms with van der Waals surface area (Å²) in [6.07, 6.45) is 6.90. The van der Waals surface area contributed by atoms with Crippen molar-refractivity contribution in [1.29, 1.82) is 0 Å². The van der Waals surface area contributed by atoms with Gasteiger partial charge in [-0.1, -0.05) is 98.8 Å². The minimum Gasteiger partial charge on any atom is -0.490 e. The predicted molar refractivity (Wildman–Crippen MR) is 181 cm³/mol. The molecule has 1 amide bonds. The van der Waals surface area contributed by atoms with Crippen LogP contribution in [0.4, 0.5) is 17.2 Å². The summed E-state index contributed by atoms with van der Waals surface area (Å²) < 4.78 is 11.6. The molecule has 6 nitrogen and oxygen atoms in total.